The van der Waals surface area contributed by atoms with Crippen molar-refractivity contribution in [3.63, 3.8) is 0 Å². The minimum Gasteiger partial charge on any atom is -0.463 e. The van der Waals surface area contributed by atoms with Crippen molar-refractivity contribution in [3.05, 3.63) is 97.2 Å². The number of benzene rings is 2. The molecule has 0 saturated carbocycles. The molecule has 0 aliphatic carbocycles. The average molecular weight is 660 g/mol. The molecule has 258 valence electrons. The minimum absolute atomic E-state index is 0.0957. The summed E-state index contributed by atoms with van der Waals surface area (Å²) in [5.41, 5.74) is 2.05. The van der Waals surface area contributed by atoms with Gasteiger partial charge in [-0.25, -0.2) is 0 Å². The van der Waals surface area contributed by atoms with Crippen molar-refractivity contribution in [2.75, 3.05) is 19.8 Å². The molecule has 48 heavy (non-hydrogen) atoms. The number of aliphatic hydroxyl groups is 1. The third kappa shape index (κ3) is 12.2. The topological polar surface area (TPSA) is 138 Å². The first-order valence-electron chi connectivity index (χ1n) is 16.3. The van der Waals surface area contributed by atoms with Gasteiger partial charge in [0, 0.05) is 36.6 Å². The summed E-state index contributed by atoms with van der Waals surface area (Å²) in [7, 11) is 0. The molecule has 3 atom stereocenters. The largest absolute Gasteiger partial charge is 0.463 e. The standard InChI is InChI=1S/C38H49N3O7/c1-6-13-28(22-34(43)41(19-20-42)25-27-15-9-8-10-16-27)36(45)40-31(21-30-24-39-33-18-12-11-17-32(30)33)26-47-37(46)29(14-7-2)23-35(44)48-38(3,4)5/h6-12,15-18,24,28-29,31,39,42H,1-2,13-14,19-23,25-26H2,3-5H3,(H,40,45)/t28-,29-,31-/m1/s1. The number of nitrogens with one attached hydrogen (secondary N) is 2. The molecule has 0 aliphatic rings. The summed E-state index contributed by atoms with van der Waals surface area (Å²) < 4.78 is 11.1. The molecular weight excluding hydrogens is 610 g/mol. The summed E-state index contributed by atoms with van der Waals surface area (Å²) >= 11 is 0. The minimum atomic E-state index is -0.796. The fraction of sp³-hybridized carbons (Fsp3) is 0.421. The van der Waals surface area contributed by atoms with Gasteiger partial charge in [-0.05, 0) is 57.2 Å². The Morgan fingerprint density at radius 1 is 0.958 bits per heavy atom. The Kier molecular flexibility index (Phi) is 14.6. The molecule has 0 spiro atoms. The zero-order valence-corrected chi connectivity index (χ0v) is 28.3. The van der Waals surface area contributed by atoms with Crippen LogP contribution in [0.1, 0.15) is 57.6 Å². The van der Waals surface area contributed by atoms with Gasteiger partial charge in [0.25, 0.3) is 0 Å². The molecule has 0 radical (unpaired) electrons. The van der Waals surface area contributed by atoms with E-state index in [9.17, 15) is 24.3 Å². The lowest BCUT2D eigenvalue weighted by atomic mass is 9.97. The second kappa shape index (κ2) is 18.6. The Balaban J connectivity index is 1.77. The molecule has 10 heteroatoms. The second-order valence-electron chi connectivity index (χ2n) is 12.9. The third-order valence-corrected chi connectivity index (χ3v) is 7.71. The van der Waals surface area contributed by atoms with E-state index < -0.39 is 35.4 Å². The highest BCUT2D eigenvalue weighted by atomic mass is 16.6. The number of allylic oxidation sites excluding steroid dienone is 2. The van der Waals surface area contributed by atoms with Crippen molar-refractivity contribution in [1.82, 2.24) is 15.2 Å². The summed E-state index contributed by atoms with van der Waals surface area (Å²) in [5.74, 6) is -3.32. The van der Waals surface area contributed by atoms with E-state index in [2.05, 4.69) is 23.5 Å². The van der Waals surface area contributed by atoms with Crippen molar-refractivity contribution in [2.24, 2.45) is 11.8 Å². The van der Waals surface area contributed by atoms with Gasteiger partial charge in [-0.2, -0.15) is 0 Å². The number of hydrogen-bond donors (Lipinski definition) is 3. The van der Waals surface area contributed by atoms with Crippen molar-refractivity contribution in [1.29, 1.82) is 0 Å². The maximum absolute atomic E-state index is 13.8. The second-order valence-corrected chi connectivity index (χ2v) is 12.9. The molecule has 3 aromatic rings. The number of nitrogens with zero attached hydrogens (tertiary/aromatic N) is 1. The Bertz CT molecular complexity index is 1530. The number of aliphatic hydroxyl groups excluding tert-OH is 1. The van der Waals surface area contributed by atoms with Crippen LogP contribution in [0, 0.1) is 11.8 Å². The van der Waals surface area contributed by atoms with E-state index in [1.807, 2.05) is 60.8 Å². The molecule has 3 N–H and O–H groups in total. The highest BCUT2D eigenvalue weighted by molar-refractivity contribution is 5.87. The molecule has 0 unspecified atom stereocenters. The highest BCUT2D eigenvalue weighted by Crippen LogP contribution is 2.22. The smallest absolute Gasteiger partial charge is 0.309 e. The summed E-state index contributed by atoms with van der Waals surface area (Å²) in [5, 5.41) is 13.6. The van der Waals surface area contributed by atoms with Crippen LogP contribution < -0.4 is 5.32 Å². The Hall–Kier alpha value is -4.70. The number of H-pyrrole nitrogens is 1. The number of aromatic amines is 1. The lowest BCUT2D eigenvalue weighted by Crippen LogP contribution is -2.45. The summed E-state index contributed by atoms with van der Waals surface area (Å²) in [6.45, 7) is 12.8. The predicted octanol–water partition coefficient (Wildman–Crippen LogP) is 5.27. The van der Waals surface area contributed by atoms with Crippen LogP contribution in [0.2, 0.25) is 0 Å². The Morgan fingerprint density at radius 2 is 1.62 bits per heavy atom. The lowest BCUT2D eigenvalue weighted by molar-refractivity contribution is -0.161. The first-order chi connectivity index (χ1) is 22.9. The number of esters is 2. The van der Waals surface area contributed by atoms with Gasteiger partial charge in [0.1, 0.15) is 12.2 Å². The SMILES string of the molecule is C=CC[C@H](CC(=O)N(CCO)Cc1ccccc1)C(=O)N[C@@H](COC(=O)[C@H](CC=C)CC(=O)OC(C)(C)C)Cc1c[nH]c2ccccc12. The number of para-hydroxylation sites is 1. The van der Waals surface area contributed by atoms with Crippen LogP contribution >= 0.6 is 0 Å². The number of hydrogen-bond acceptors (Lipinski definition) is 7. The summed E-state index contributed by atoms with van der Waals surface area (Å²) in [6.07, 6.45) is 5.53. The van der Waals surface area contributed by atoms with Crippen LogP contribution in [0.4, 0.5) is 0 Å². The number of carbonyl (C=O) groups excluding carboxylic acids is 4. The zero-order valence-electron chi connectivity index (χ0n) is 28.3. The fourth-order valence-electron chi connectivity index (χ4n) is 5.43. The van der Waals surface area contributed by atoms with E-state index in [4.69, 9.17) is 9.47 Å². The highest BCUT2D eigenvalue weighted by Gasteiger charge is 2.29. The molecule has 2 aromatic carbocycles. The number of fused-ring (bicyclic) bond motifs is 1. The normalized spacial score (nSPS) is 13.2. The predicted molar refractivity (Wildman–Crippen MR) is 186 cm³/mol. The molecule has 0 saturated heterocycles. The first-order valence-corrected chi connectivity index (χ1v) is 16.3. The van der Waals surface area contributed by atoms with E-state index in [0.29, 0.717) is 13.0 Å². The van der Waals surface area contributed by atoms with E-state index in [0.717, 1.165) is 22.0 Å². The molecule has 3 rings (SSSR count). The van der Waals surface area contributed by atoms with Crippen LogP contribution in [-0.4, -0.2) is 70.1 Å². The number of aromatic nitrogens is 1. The van der Waals surface area contributed by atoms with Crippen LogP contribution in [0.15, 0.2) is 86.1 Å². The molecule has 1 heterocycles. The lowest BCUT2D eigenvalue weighted by Gasteiger charge is -2.26. The van der Waals surface area contributed by atoms with Gasteiger partial charge in [-0.15, -0.1) is 13.2 Å². The Labute approximate surface area is 283 Å². The molecule has 0 bridgehead atoms. The Morgan fingerprint density at radius 3 is 2.29 bits per heavy atom. The molecule has 1 aromatic heterocycles. The maximum Gasteiger partial charge on any atom is 0.309 e. The molecule has 2 amide bonds. The first kappa shape index (κ1) is 37.8. The fourth-order valence-corrected chi connectivity index (χ4v) is 5.43. The van der Waals surface area contributed by atoms with E-state index in [-0.39, 0.29) is 57.3 Å². The van der Waals surface area contributed by atoms with Gasteiger partial charge < -0.3 is 29.8 Å². The van der Waals surface area contributed by atoms with Gasteiger partial charge in [0.05, 0.1) is 30.9 Å². The number of rotatable bonds is 19. The molecule has 0 aliphatic heterocycles. The summed E-state index contributed by atoms with van der Waals surface area (Å²) in [4.78, 5) is 57.7. The molecule has 0 fully saturated rings. The quantitative estimate of drug-likeness (QED) is 0.118. The maximum atomic E-state index is 13.8. The van der Waals surface area contributed by atoms with Gasteiger partial charge in [-0.3, -0.25) is 19.2 Å². The number of amides is 2. The van der Waals surface area contributed by atoms with Crippen molar-refractivity contribution in [2.45, 2.75) is 71.1 Å². The zero-order chi connectivity index (χ0) is 35.1. The van der Waals surface area contributed by atoms with Crippen molar-refractivity contribution < 1.29 is 33.8 Å². The van der Waals surface area contributed by atoms with E-state index in [1.165, 1.54) is 4.90 Å². The monoisotopic (exact) mass is 659 g/mol. The number of ether oxygens (including phenoxy) is 2. The average Bonchev–Trinajstić information content (AvgIpc) is 3.45. The van der Waals surface area contributed by atoms with E-state index in [1.54, 1.807) is 32.9 Å². The van der Waals surface area contributed by atoms with Crippen LogP contribution in [0.5, 0.6) is 0 Å². The number of carbonyl (C=O) groups is 4. The van der Waals surface area contributed by atoms with Gasteiger partial charge >= 0.3 is 11.9 Å². The van der Waals surface area contributed by atoms with E-state index >= 15 is 0 Å². The van der Waals surface area contributed by atoms with Gasteiger partial charge in [0.2, 0.25) is 11.8 Å². The molecular formula is C38H49N3O7. The van der Waals surface area contributed by atoms with Crippen molar-refractivity contribution >= 4 is 34.7 Å². The van der Waals surface area contributed by atoms with Crippen LogP contribution in [-0.2, 0) is 41.6 Å². The van der Waals surface area contributed by atoms with Gasteiger partial charge in [-0.1, -0.05) is 60.7 Å². The van der Waals surface area contributed by atoms with Crippen molar-refractivity contribution in [3.8, 4) is 0 Å². The van der Waals surface area contributed by atoms with Gasteiger partial charge in [0.15, 0.2) is 0 Å². The van der Waals surface area contributed by atoms with Crippen LogP contribution in [0.25, 0.3) is 10.9 Å². The van der Waals surface area contributed by atoms with Crippen LogP contribution in [0.3, 0.4) is 0 Å². The summed E-state index contributed by atoms with van der Waals surface area (Å²) in [6, 6.07) is 16.5. The third-order valence-electron chi connectivity index (χ3n) is 7.71. The molecule has 10 nitrogen and oxygen atoms in total.